The molecule has 0 radical (unpaired) electrons. The van der Waals surface area contributed by atoms with Crippen LogP contribution < -0.4 is 0 Å². The maximum Gasteiger partial charge on any atom is 0.302 e. The quantitative estimate of drug-likeness (QED) is 0.251. The maximum atomic E-state index is 10.9. The zero-order valence-corrected chi connectivity index (χ0v) is 15.9. The third-order valence-electron chi connectivity index (χ3n) is 1.92. The van der Waals surface area contributed by atoms with Crippen LogP contribution in [0.15, 0.2) is 0 Å². The van der Waals surface area contributed by atoms with Gasteiger partial charge >= 0.3 is 11.9 Å². The number of terminal acetylenes is 2. The van der Waals surface area contributed by atoms with E-state index in [1.54, 1.807) is 0 Å². The van der Waals surface area contributed by atoms with Gasteiger partial charge in [-0.2, -0.15) is 16.8 Å². The van der Waals surface area contributed by atoms with E-state index in [9.17, 15) is 26.4 Å². The van der Waals surface area contributed by atoms with Gasteiger partial charge < -0.3 is 9.47 Å². The van der Waals surface area contributed by atoms with Crippen LogP contribution in [0.2, 0.25) is 0 Å². The summed E-state index contributed by atoms with van der Waals surface area (Å²) in [5, 5.41) is 0. The van der Waals surface area contributed by atoms with E-state index in [0.29, 0.717) is 0 Å². The van der Waals surface area contributed by atoms with E-state index < -0.39 is 32.2 Å². The Bertz CT molecular complexity index is 659. The predicted octanol–water partition coefficient (Wildman–Crippen LogP) is -0.942. The second-order valence-electron chi connectivity index (χ2n) is 4.14. The van der Waals surface area contributed by atoms with E-state index in [1.807, 2.05) is 11.8 Å². The van der Waals surface area contributed by atoms with Gasteiger partial charge in [0.05, 0.1) is 0 Å². The Morgan fingerprint density at radius 3 is 1.31 bits per heavy atom. The molecule has 0 atom stereocenters. The minimum Gasteiger partial charge on any atom is -0.465 e. The molecule has 0 aromatic heterocycles. The fraction of sp³-hybridized carbons (Fsp3) is 0.571. The summed E-state index contributed by atoms with van der Waals surface area (Å²) in [5.41, 5.74) is 0. The fourth-order valence-electron chi connectivity index (χ4n) is 0.940. The highest BCUT2D eigenvalue weighted by atomic mass is 32.2. The summed E-state index contributed by atoms with van der Waals surface area (Å²) in [7, 11) is -7.32. The fourth-order valence-corrected chi connectivity index (χ4v) is 2.25. The van der Waals surface area contributed by atoms with E-state index >= 15 is 0 Å². The minimum absolute atomic E-state index is 0.220. The van der Waals surface area contributed by atoms with Gasteiger partial charge in [0.1, 0.15) is 37.9 Å². The molecule has 0 N–H and O–H groups in total. The summed E-state index contributed by atoms with van der Waals surface area (Å²) in [6, 6.07) is 0. The molecule has 0 aliphatic carbocycles. The lowest BCUT2D eigenvalue weighted by Crippen LogP contribution is -2.16. The van der Waals surface area contributed by atoms with Crippen molar-refractivity contribution in [2.45, 2.75) is 13.8 Å². The Balaban J connectivity index is 0. The van der Waals surface area contributed by atoms with Crippen molar-refractivity contribution in [3.05, 3.63) is 0 Å². The average Bonchev–Trinajstić information content (AvgIpc) is 2.50. The molecule has 12 heteroatoms. The summed E-state index contributed by atoms with van der Waals surface area (Å²) in [5.74, 6) is 2.20. The zero-order chi connectivity index (χ0) is 20.6. The maximum absolute atomic E-state index is 10.9. The first kappa shape index (κ1) is 26.1. The Morgan fingerprint density at radius 1 is 0.769 bits per heavy atom. The van der Waals surface area contributed by atoms with Crippen LogP contribution in [0.4, 0.5) is 0 Å². The molecule has 10 nitrogen and oxygen atoms in total. The lowest BCUT2D eigenvalue weighted by atomic mass is 10.8. The van der Waals surface area contributed by atoms with Crippen LogP contribution in [0.5, 0.6) is 0 Å². The first-order chi connectivity index (χ1) is 12.0. The van der Waals surface area contributed by atoms with E-state index in [0.717, 1.165) is 0 Å². The first-order valence-corrected chi connectivity index (χ1v) is 9.99. The number of rotatable bonds is 10. The van der Waals surface area contributed by atoms with Gasteiger partial charge in [-0.15, -0.1) is 12.8 Å². The zero-order valence-electron chi connectivity index (χ0n) is 14.3. The summed E-state index contributed by atoms with van der Waals surface area (Å²) in [6.07, 6.45) is 9.58. The normalized spacial score (nSPS) is 10.5. The summed E-state index contributed by atoms with van der Waals surface area (Å²) < 4.78 is 60.9. The number of hydrogen-bond acceptors (Lipinski definition) is 10. The Morgan fingerprint density at radius 2 is 1.08 bits per heavy atom. The third-order valence-corrected chi connectivity index (χ3v) is 4.21. The predicted molar refractivity (Wildman–Crippen MR) is 90.4 cm³/mol. The van der Waals surface area contributed by atoms with Crippen molar-refractivity contribution in [1.29, 1.82) is 0 Å². The molecule has 0 rings (SSSR count). The number of carbonyl (C=O) groups excluding carboxylic acids is 2. The van der Waals surface area contributed by atoms with Gasteiger partial charge in [0.2, 0.25) is 0 Å². The van der Waals surface area contributed by atoms with Crippen molar-refractivity contribution in [3.8, 4) is 24.7 Å². The van der Waals surface area contributed by atoms with Crippen molar-refractivity contribution in [1.82, 2.24) is 0 Å². The highest BCUT2D eigenvalue weighted by Crippen LogP contribution is 1.93. The Labute approximate surface area is 153 Å². The van der Waals surface area contributed by atoms with Crippen LogP contribution in [0.25, 0.3) is 0 Å². The monoisotopic (exact) mass is 412 g/mol. The Kier molecular flexibility index (Phi) is 14.2. The summed E-state index contributed by atoms with van der Waals surface area (Å²) in [6.45, 7) is 1.33. The number of hydrogen-bond donors (Lipinski definition) is 0. The first-order valence-electron chi connectivity index (χ1n) is 6.83. The number of esters is 2. The van der Waals surface area contributed by atoms with Crippen molar-refractivity contribution in [3.63, 3.8) is 0 Å². The minimum atomic E-state index is -3.66. The molecule has 0 aromatic carbocycles. The lowest BCUT2D eigenvalue weighted by Gasteiger charge is -2.02. The standard InChI is InChI=1S/2C7H10O5S/c2*1-3-4-12-13(9,10)6-5-11-7(2)8/h2*1H,4-6H2,2H3. The average molecular weight is 412 g/mol. The van der Waals surface area contributed by atoms with E-state index in [1.165, 1.54) is 13.8 Å². The molecule has 0 fully saturated rings. The highest BCUT2D eigenvalue weighted by molar-refractivity contribution is 7.87. The second-order valence-corrected chi connectivity index (χ2v) is 7.65. The summed E-state index contributed by atoms with van der Waals surface area (Å²) >= 11 is 0. The molecule has 0 bridgehead atoms. The van der Waals surface area contributed by atoms with Gasteiger partial charge in [-0.25, -0.2) is 0 Å². The van der Waals surface area contributed by atoms with Crippen LogP contribution in [0.3, 0.4) is 0 Å². The molecule has 0 aromatic rings. The number of carbonyl (C=O) groups is 2. The van der Waals surface area contributed by atoms with Gasteiger partial charge in [-0.1, -0.05) is 11.8 Å². The molecule has 26 heavy (non-hydrogen) atoms. The highest BCUT2D eigenvalue weighted by Gasteiger charge is 2.11. The molecule has 148 valence electrons. The molecule has 0 aliphatic rings. The molecule has 0 saturated heterocycles. The van der Waals surface area contributed by atoms with Crippen LogP contribution in [-0.2, 0) is 47.7 Å². The molecule has 0 saturated carbocycles. The molecule has 0 aliphatic heterocycles. The largest absolute Gasteiger partial charge is 0.465 e. The number of ether oxygens (including phenoxy) is 2. The molecule has 0 amide bonds. The SMILES string of the molecule is C#CCOS(=O)(=O)CCOC(C)=O.C#CCOS(=O)(=O)CCOC(C)=O. The van der Waals surface area contributed by atoms with Crippen LogP contribution in [0.1, 0.15) is 13.8 Å². The van der Waals surface area contributed by atoms with Crippen LogP contribution in [-0.4, -0.2) is 66.7 Å². The topological polar surface area (TPSA) is 139 Å². The third kappa shape index (κ3) is 19.9. The van der Waals surface area contributed by atoms with Crippen molar-refractivity contribution < 1.29 is 44.3 Å². The Hall–Kier alpha value is -2.12. The second kappa shape index (κ2) is 14.1. The van der Waals surface area contributed by atoms with E-state index in [4.69, 9.17) is 12.8 Å². The van der Waals surface area contributed by atoms with Crippen molar-refractivity contribution >= 4 is 32.2 Å². The smallest absolute Gasteiger partial charge is 0.302 e. The van der Waals surface area contributed by atoms with Crippen LogP contribution in [0, 0.1) is 24.7 Å². The molecule has 0 unspecified atom stereocenters. The van der Waals surface area contributed by atoms with E-state index in [-0.39, 0.29) is 37.9 Å². The van der Waals surface area contributed by atoms with E-state index in [2.05, 4.69) is 17.8 Å². The van der Waals surface area contributed by atoms with Gasteiger partial charge in [0, 0.05) is 13.8 Å². The molecular weight excluding hydrogens is 392 g/mol. The van der Waals surface area contributed by atoms with Gasteiger partial charge in [-0.05, 0) is 0 Å². The molecule has 0 spiro atoms. The van der Waals surface area contributed by atoms with Gasteiger partial charge in [0.15, 0.2) is 0 Å². The van der Waals surface area contributed by atoms with Crippen molar-refractivity contribution in [2.24, 2.45) is 0 Å². The van der Waals surface area contributed by atoms with Gasteiger partial charge in [0.25, 0.3) is 20.2 Å². The summed E-state index contributed by atoms with van der Waals surface area (Å²) in [4.78, 5) is 20.5. The van der Waals surface area contributed by atoms with Crippen molar-refractivity contribution in [2.75, 3.05) is 37.9 Å². The van der Waals surface area contributed by atoms with Gasteiger partial charge in [-0.3, -0.25) is 18.0 Å². The lowest BCUT2D eigenvalue weighted by molar-refractivity contribution is -0.141. The molecular formula is C14H20O10S2. The molecule has 0 heterocycles. The van der Waals surface area contributed by atoms with Crippen LogP contribution >= 0.6 is 0 Å².